The normalized spacial score (nSPS) is 16.1. The third kappa shape index (κ3) is 3.73. The standard InChI is InChI=1S/C21H17N3O6S/c1-3-29-20(26)17-12(2)22-21-23(18(17)13-7-5-4-6-8-13)19(25)15(31-21)11-14-9-10-16(30-14)24(27)28/h4-11,18H,3H2,1-2H3/b15-11+/t18-/m1/s1. The molecule has 0 radical (unpaired) electrons. The quantitative estimate of drug-likeness (QED) is 0.342. The number of benzene rings is 1. The molecule has 0 amide bonds. The molecule has 0 saturated carbocycles. The summed E-state index contributed by atoms with van der Waals surface area (Å²) in [5.74, 6) is -0.773. The lowest BCUT2D eigenvalue weighted by atomic mass is 9.96. The van der Waals surface area contributed by atoms with E-state index in [-0.39, 0.29) is 22.5 Å². The topological polar surface area (TPSA) is 117 Å². The Balaban J connectivity index is 1.92. The molecule has 3 aromatic rings. The van der Waals surface area contributed by atoms with Gasteiger partial charge in [0.25, 0.3) is 5.56 Å². The molecule has 0 spiro atoms. The summed E-state index contributed by atoms with van der Waals surface area (Å²) in [4.78, 5) is 41.1. The van der Waals surface area contributed by atoms with Crippen LogP contribution >= 0.6 is 11.3 Å². The van der Waals surface area contributed by atoms with E-state index in [1.54, 1.807) is 13.8 Å². The first-order valence-corrected chi connectivity index (χ1v) is 10.2. The zero-order valence-corrected chi connectivity index (χ0v) is 17.4. The molecular weight excluding hydrogens is 422 g/mol. The van der Waals surface area contributed by atoms with Gasteiger partial charge in [-0.1, -0.05) is 41.7 Å². The number of rotatable bonds is 5. The Morgan fingerprint density at radius 2 is 2.06 bits per heavy atom. The molecule has 4 rings (SSSR count). The first-order valence-electron chi connectivity index (χ1n) is 9.39. The fourth-order valence-electron chi connectivity index (χ4n) is 3.39. The van der Waals surface area contributed by atoms with E-state index in [1.165, 1.54) is 22.8 Å². The molecule has 10 heteroatoms. The van der Waals surface area contributed by atoms with Crippen molar-refractivity contribution >= 4 is 29.3 Å². The number of nitrogens with zero attached hydrogens (tertiary/aromatic N) is 3. The summed E-state index contributed by atoms with van der Waals surface area (Å²) in [6, 6.07) is 11.1. The van der Waals surface area contributed by atoms with E-state index in [9.17, 15) is 19.7 Å². The van der Waals surface area contributed by atoms with Gasteiger partial charge in [0.05, 0.1) is 34.5 Å². The molecule has 2 aromatic heterocycles. The van der Waals surface area contributed by atoms with Crippen LogP contribution in [0.15, 0.2) is 67.9 Å². The van der Waals surface area contributed by atoms with E-state index in [1.807, 2.05) is 30.3 Å². The molecule has 0 aliphatic carbocycles. The molecule has 31 heavy (non-hydrogen) atoms. The molecule has 3 heterocycles. The van der Waals surface area contributed by atoms with Crippen LogP contribution in [0, 0.1) is 10.1 Å². The zero-order valence-electron chi connectivity index (χ0n) is 16.6. The molecule has 158 valence electrons. The predicted molar refractivity (Wildman–Crippen MR) is 112 cm³/mol. The van der Waals surface area contributed by atoms with Crippen molar-refractivity contribution in [2.75, 3.05) is 6.61 Å². The van der Waals surface area contributed by atoms with Gasteiger partial charge in [-0.15, -0.1) is 0 Å². The molecule has 1 atom stereocenters. The predicted octanol–water partition coefficient (Wildman–Crippen LogP) is 2.30. The summed E-state index contributed by atoms with van der Waals surface area (Å²) < 4.78 is 12.1. The molecule has 0 N–H and O–H groups in total. The molecule has 1 aromatic carbocycles. The highest BCUT2D eigenvalue weighted by molar-refractivity contribution is 7.07. The zero-order chi connectivity index (χ0) is 22.1. The van der Waals surface area contributed by atoms with Crippen LogP contribution < -0.4 is 14.9 Å². The van der Waals surface area contributed by atoms with E-state index in [0.717, 1.165) is 16.9 Å². The number of thiazole rings is 1. The molecule has 1 aliphatic rings. The molecule has 0 unspecified atom stereocenters. The summed E-state index contributed by atoms with van der Waals surface area (Å²) in [5.41, 5.74) is 1.11. The van der Waals surface area contributed by atoms with Gasteiger partial charge < -0.3 is 9.15 Å². The van der Waals surface area contributed by atoms with Gasteiger partial charge in [0.1, 0.15) is 10.7 Å². The van der Waals surface area contributed by atoms with Crippen LogP contribution in [-0.4, -0.2) is 22.1 Å². The maximum Gasteiger partial charge on any atom is 0.433 e. The number of carbonyl (C=O) groups is 1. The Morgan fingerprint density at radius 1 is 1.32 bits per heavy atom. The summed E-state index contributed by atoms with van der Waals surface area (Å²) in [7, 11) is 0. The van der Waals surface area contributed by atoms with Crippen molar-refractivity contribution in [3.8, 4) is 0 Å². The Bertz CT molecular complexity index is 1380. The van der Waals surface area contributed by atoms with Crippen molar-refractivity contribution in [3.05, 3.63) is 94.9 Å². The second-order valence-corrected chi connectivity index (χ2v) is 7.66. The van der Waals surface area contributed by atoms with Crippen molar-refractivity contribution in [3.63, 3.8) is 0 Å². The second kappa shape index (κ2) is 8.15. The largest absolute Gasteiger partial charge is 0.463 e. The van der Waals surface area contributed by atoms with Crippen LogP contribution in [0.25, 0.3) is 6.08 Å². The fraction of sp³-hybridized carbons (Fsp3) is 0.190. The van der Waals surface area contributed by atoms with E-state index >= 15 is 0 Å². The van der Waals surface area contributed by atoms with Gasteiger partial charge in [-0.25, -0.2) is 9.79 Å². The minimum Gasteiger partial charge on any atom is -0.463 e. The maximum absolute atomic E-state index is 13.3. The van der Waals surface area contributed by atoms with E-state index in [0.29, 0.717) is 16.1 Å². The van der Waals surface area contributed by atoms with Crippen molar-refractivity contribution in [2.45, 2.75) is 19.9 Å². The smallest absolute Gasteiger partial charge is 0.433 e. The van der Waals surface area contributed by atoms with Crippen LogP contribution in [0.1, 0.15) is 31.2 Å². The Hall–Kier alpha value is -3.79. The third-order valence-corrected chi connectivity index (χ3v) is 5.68. The highest BCUT2D eigenvalue weighted by Gasteiger charge is 2.33. The molecule has 0 saturated heterocycles. The number of furan rings is 1. The van der Waals surface area contributed by atoms with Crippen LogP contribution in [0.2, 0.25) is 0 Å². The summed E-state index contributed by atoms with van der Waals surface area (Å²) in [6.07, 6.45) is 1.43. The molecular formula is C21H17N3O6S. The number of hydrogen-bond acceptors (Lipinski definition) is 8. The number of hydrogen-bond donors (Lipinski definition) is 0. The average molecular weight is 439 g/mol. The highest BCUT2D eigenvalue weighted by Crippen LogP contribution is 2.30. The average Bonchev–Trinajstić information content (AvgIpc) is 3.33. The fourth-order valence-corrected chi connectivity index (χ4v) is 4.42. The number of esters is 1. The van der Waals surface area contributed by atoms with E-state index < -0.39 is 22.8 Å². The van der Waals surface area contributed by atoms with Gasteiger partial charge >= 0.3 is 11.9 Å². The van der Waals surface area contributed by atoms with Gasteiger partial charge in [-0.2, -0.15) is 0 Å². The van der Waals surface area contributed by atoms with Crippen molar-refractivity contribution < 1.29 is 18.9 Å². The number of ether oxygens (including phenoxy) is 1. The third-order valence-electron chi connectivity index (χ3n) is 4.70. The molecule has 0 bridgehead atoms. The van der Waals surface area contributed by atoms with E-state index in [2.05, 4.69) is 4.99 Å². The van der Waals surface area contributed by atoms with Gasteiger partial charge in [-0.3, -0.25) is 19.5 Å². The number of aromatic nitrogens is 1. The summed E-state index contributed by atoms with van der Waals surface area (Å²) in [5, 5.41) is 10.9. The van der Waals surface area contributed by atoms with Crippen LogP contribution in [0.5, 0.6) is 0 Å². The monoisotopic (exact) mass is 439 g/mol. The Kier molecular flexibility index (Phi) is 5.38. The summed E-state index contributed by atoms with van der Waals surface area (Å²) in [6.45, 7) is 3.61. The Labute approximate surface area is 179 Å². The maximum atomic E-state index is 13.3. The number of carbonyl (C=O) groups excluding carboxylic acids is 1. The van der Waals surface area contributed by atoms with Crippen molar-refractivity contribution in [1.82, 2.24) is 4.57 Å². The lowest BCUT2D eigenvalue weighted by molar-refractivity contribution is -0.402. The number of allylic oxidation sites excluding steroid dienone is 1. The lowest BCUT2D eigenvalue weighted by Crippen LogP contribution is -2.39. The van der Waals surface area contributed by atoms with Crippen molar-refractivity contribution in [2.24, 2.45) is 4.99 Å². The Morgan fingerprint density at radius 3 is 2.71 bits per heavy atom. The van der Waals surface area contributed by atoms with Gasteiger partial charge in [0.15, 0.2) is 4.80 Å². The van der Waals surface area contributed by atoms with Crippen LogP contribution in [0.4, 0.5) is 5.88 Å². The molecule has 0 fully saturated rings. The molecule has 1 aliphatic heterocycles. The van der Waals surface area contributed by atoms with Gasteiger partial charge in [0, 0.05) is 6.08 Å². The summed E-state index contributed by atoms with van der Waals surface area (Å²) >= 11 is 1.12. The van der Waals surface area contributed by atoms with Crippen LogP contribution in [0.3, 0.4) is 0 Å². The van der Waals surface area contributed by atoms with Crippen molar-refractivity contribution in [1.29, 1.82) is 0 Å². The van der Waals surface area contributed by atoms with Gasteiger partial charge in [-0.05, 0) is 25.5 Å². The first-order chi connectivity index (χ1) is 14.9. The van der Waals surface area contributed by atoms with Crippen LogP contribution in [-0.2, 0) is 9.53 Å². The van der Waals surface area contributed by atoms with E-state index in [4.69, 9.17) is 9.15 Å². The second-order valence-electron chi connectivity index (χ2n) is 6.65. The number of nitro groups is 1. The molecule has 9 nitrogen and oxygen atoms in total. The minimum absolute atomic E-state index is 0.176. The van der Waals surface area contributed by atoms with Gasteiger partial charge in [0.2, 0.25) is 0 Å². The lowest BCUT2D eigenvalue weighted by Gasteiger charge is -2.24. The first kappa shape index (κ1) is 20.5. The number of fused-ring (bicyclic) bond motifs is 1. The SMILES string of the molecule is CCOC(=O)C1=C(C)N=c2s/c(=C/c3ccc([N+](=O)[O-])o3)c(=O)n2[C@@H]1c1ccccc1. The minimum atomic E-state index is -0.704. The highest BCUT2D eigenvalue weighted by atomic mass is 32.1.